The molecule has 0 aromatic heterocycles. The van der Waals surface area contributed by atoms with E-state index >= 15 is 0 Å². The Morgan fingerprint density at radius 1 is 1.25 bits per heavy atom. The maximum Gasteiger partial charge on any atom is 0.240 e. The molecule has 20 heavy (non-hydrogen) atoms. The molecule has 2 rings (SSSR count). The van der Waals surface area contributed by atoms with Crippen molar-refractivity contribution in [3.8, 4) is 0 Å². The van der Waals surface area contributed by atoms with Gasteiger partial charge in [-0.2, -0.15) is 0 Å². The molecule has 0 aliphatic carbocycles. The SMILES string of the molecule is CNCc1ccc(N2C(=O)CC(C)(C(C)C)C2=O)cc1. The Kier molecular flexibility index (Phi) is 3.95. The lowest BCUT2D eigenvalue weighted by Crippen LogP contribution is -2.36. The van der Waals surface area contributed by atoms with Crippen LogP contribution < -0.4 is 10.2 Å². The van der Waals surface area contributed by atoms with Crippen LogP contribution in [0.1, 0.15) is 32.8 Å². The van der Waals surface area contributed by atoms with Crippen LogP contribution in [0.2, 0.25) is 0 Å². The smallest absolute Gasteiger partial charge is 0.240 e. The second-order valence-electron chi connectivity index (χ2n) is 5.98. The van der Waals surface area contributed by atoms with Crippen LogP contribution >= 0.6 is 0 Å². The Morgan fingerprint density at radius 3 is 2.30 bits per heavy atom. The van der Waals surface area contributed by atoms with Crippen LogP contribution in [0, 0.1) is 11.3 Å². The van der Waals surface area contributed by atoms with Gasteiger partial charge in [-0.3, -0.25) is 14.5 Å². The maximum atomic E-state index is 12.6. The van der Waals surface area contributed by atoms with Crippen molar-refractivity contribution >= 4 is 17.5 Å². The van der Waals surface area contributed by atoms with Gasteiger partial charge in [0.2, 0.25) is 11.8 Å². The van der Waals surface area contributed by atoms with Gasteiger partial charge in [0.25, 0.3) is 0 Å². The van der Waals surface area contributed by atoms with Gasteiger partial charge in [-0.15, -0.1) is 0 Å². The number of benzene rings is 1. The minimum Gasteiger partial charge on any atom is -0.316 e. The van der Waals surface area contributed by atoms with Crippen LogP contribution in [0.3, 0.4) is 0 Å². The number of hydrogen-bond donors (Lipinski definition) is 1. The zero-order valence-corrected chi connectivity index (χ0v) is 12.6. The number of anilines is 1. The highest BCUT2D eigenvalue weighted by molar-refractivity contribution is 6.22. The zero-order valence-electron chi connectivity index (χ0n) is 12.6. The lowest BCUT2D eigenvalue weighted by molar-refractivity contribution is -0.126. The molecule has 1 atom stereocenters. The Hall–Kier alpha value is -1.68. The van der Waals surface area contributed by atoms with Gasteiger partial charge >= 0.3 is 0 Å². The summed E-state index contributed by atoms with van der Waals surface area (Å²) in [6, 6.07) is 7.57. The van der Waals surface area contributed by atoms with Crippen LogP contribution in [-0.4, -0.2) is 18.9 Å². The minimum absolute atomic E-state index is 0.0844. The molecule has 1 aliphatic heterocycles. The van der Waals surface area contributed by atoms with Gasteiger partial charge in [0.05, 0.1) is 11.1 Å². The van der Waals surface area contributed by atoms with Crippen molar-refractivity contribution in [2.75, 3.05) is 11.9 Å². The van der Waals surface area contributed by atoms with Gasteiger partial charge in [0.1, 0.15) is 0 Å². The summed E-state index contributed by atoms with van der Waals surface area (Å²) in [5.41, 5.74) is 1.21. The van der Waals surface area contributed by atoms with Crippen LogP contribution in [0.15, 0.2) is 24.3 Å². The lowest BCUT2D eigenvalue weighted by Gasteiger charge is -2.26. The summed E-state index contributed by atoms with van der Waals surface area (Å²) >= 11 is 0. The molecular formula is C16H22N2O2. The Labute approximate surface area is 120 Å². The fourth-order valence-corrected chi connectivity index (χ4v) is 2.52. The molecule has 0 radical (unpaired) electrons. The van der Waals surface area contributed by atoms with E-state index in [1.807, 2.05) is 52.1 Å². The van der Waals surface area contributed by atoms with Gasteiger partial charge < -0.3 is 5.32 Å². The number of hydrogen-bond acceptors (Lipinski definition) is 3. The number of rotatable bonds is 4. The van der Waals surface area contributed by atoms with Crippen molar-refractivity contribution < 1.29 is 9.59 Å². The van der Waals surface area contributed by atoms with Gasteiger partial charge in [-0.05, 0) is 37.6 Å². The standard InChI is InChI=1S/C16H22N2O2/c1-11(2)16(3)9-14(19)18(15(16)20)13-7-5-12(6-8-13)10-17-4/h5-8,11,17H,9-10H2,1-4H3. The van der Waals surface area contributed by atoms with E-state index in [-0.39, 0.29) is 17.7 Å². The van der Waals surface area contributed by atoms with Gasteiger partial charge in [-0.25, -0.2) is 0 Å². The summed E-state index contributed by atoms with van der Waals surface area (Å²) < 4.78 is 0. The van der Waals surface area contributed by atoms with E-state index in [4.69, 9.17) is 0 Å². The van der Waals surface area contributed by atoms with Crippen LogP contribution in [0.25, 0.3) is 0 Å². The predicted octanol–water partition coefficient (Wildman–Crippen LogP) is 2.33. The van der Waals surface area contributed by atoms with E-state index in [0.717, 1.165) is 12.1 Å². The number of nitrogens with one attached hydrogen (secondary N) is 1. The van der Waals surface area contributed by atoms with Crippen molar-refractivity contribution in [3.05, 3.63) is 29.8 Å². The monoisotopic (exact) mass is 274 g/mol. The number of carbonyl (C=O) groups excluding carboxylic acids is 2. The van der Waals surface area contributed by atoms with Crippen LogP contribution in [-0.2, 0) is 16.1 Å². The van der Waals surface area contributed by atoms with E-state index < -0.39 is 5.41 Å². The summed E-state index contributed by atoms with van der Waals surface area (Å²) in [6.07, 6.45) is 0.293. The number of nitrogens with zero attached hydrogens (tertiary/aromatic N) is 1. The van der Waals surface area contributed by atoms with Gasteiger partial charge in [-0.1, -0.05) is 26.0 Å². The zero-order chi connectivity index (χ0) is 14.9. The van der Waals surface area contributed by atoms with Gasteiger partial charge in [0.15, 0.2) is 0 Å². The van der Waals surface area contributed by atoms with Crippen LogP contribution in [0.4, 0.5) is 5.69 Å². The summed E-state index contributed by atoms with van der Waals surface area (Å²) in [5, 5.41) is 3.07. The molecule has 1 heterocycles. The molecule has 4 nitrogen and oxygen atoms in total. The molecule has 2 amide bonds. The van der Waals surface area contributed by atoms with Crippen molar-refractivity contribution in [1.82, 2.24) is 5.32 Å². The second kappa shape index (κ2) is 5.37. The highest BCUT2D eigenvalue weighted by Gasteiger charge is 2.50. The van der Waals surface area contributed by atoms with Crippen LogP contribution in [0.5, 0.6) is 0 Å². The molecule has 1 N–H and O–H groups in total. The third kappa shape index (κ3) is 2.36. The summed E-state index contributed by atoms with van der Waals surface area (Å²) in [7, 11) is 1.88. The molecular weight excluding hydrogens is 252 g/mol. The molecule has 0 spiro atoms. The fraction of sp³-hybridized carbons (Fsp3) is 0.500. The fourth-order valence-electron chi connectivity index (χ4n) is 2.52. The van der Waals surface area contributed by atoms with Crippen molar-refractivity contribution in [2.45, 2.75) is 33.7 Å². The third-order valence-electron chi connectivity index (χ3n) is 4.31. The van der Waals surface area contributed by atoms with Gasteiger partial charge in [0, 0.05) is 13.0 Å². The molecule has 1 saturated heterocycles. The van der Waals surface area contributed by atoms with E-state index in [1.165, 1.54) is 4.90 Å². The van der Waals surface area contributed by atoms with Crippen molar-refractivity contribution in [1.29, 1.82) is 0 Å². The highest BCUT2D eigenvalue weighted by atomic mass is 16.2. The first-order chi connectivity index (χ1) is 9.40. The molecule has 0 bridgehead atoms. The molecule has 1 unspecified atom stereocenters. The molecule has 1 fully saturated rings. The normalized spacial score (nSPS) is 22.9. The minimum atomic E-state index is -0.583. The Morgan fingerprint density at radius 2 is 1.85 bits per heavy atom. The first kappa shape index (κ1) is 14.7. The van der Waals surface area contributed by atoms with Crippen molar-refractivity contribution in [3.63, 3.8) is 0 Å². The summed E-state index contributed by atoms with van der Waals surface area (Å²) in [5.74, 6) is -0.0426. The largest absolute Gasteiger partial charge is 0.316 e. The van der Waals surface area contributed by atoms with E-state index in [0.29, 0.717) is 12.1 Å². The first-order valence-corrected chi connectivity index (χ1v) is 7.01. The van der Waals surface area contributed by atoms with E-state index in [2.05, 4.69) is 5.32 Å². The average molecular weight is 274 g/mol. The molecule has 0 saturated carbocycles. The van der Waals surface area contributed by atoms with E-state index in [9.17, 15) is 9.59 Å². The molecule has 1 aromatic carbocycles. The van der Waals surface area contributed by atoms with Crippen molar-refractivity contribution in [2.24, 2.45) is 11.3 Å². The predicted molar refractivity (Wildman–Crippen MR) is 79.3 cm³/mol. The summed E-state index contributed by atoms with van der Waals surface area (Å²) in [4.78, 5) is 26.1. The Bertz CT molecular complexity index is 522. The summed E-state index contributed by atoms with van der Waals surface area (Å²) in [6.45, 7) is 6.63. The third-order valence-corrected chi connectivity index (χ3v) is 4.31. The molecule has 108 valence electrons. The number of carbonyl (C=O) groups is 2. The highest BCUT2D eigenvalue weighted by Crippen LogP contribution is 2.41. The molecule has 1 aromatic rings. The topological polar surface area (TPSA) is 49.4 Å². The van der Waals surface area contributed by atoms with E-state index in [1.54, 1.807) is 0 Å². The number of amides is 2. The lowest BCUT2D eigenvalue weighted by atomic mass is 9.78. The quantitative estimate of drug-likeness (QED) is 0.857. The number of imide groups is 1. The second-order valence-corrected chi connectivity index (χ2v) is 5.98. The maximum absolute atomic E-state index is 12.6. The Balaban J connectivity index is 2.29. The molecule has 4 heteroatoms. The molecule has 1 aliphatic rings. The first-order valence-electron chi connectivity index (χ1n) is 7.01. The average Bonchev–Trinajstić information content (AvgIpc) is 2.63.